The largest absolute Gasteiger partial charge is 0.364 e. The smallest absolute Gasteiger partial charge is 0.193 e. The lowest BCUT2D eigenvalue weighted by atomic mass is 9.83. The van der Waals surface area contributed by atoms with Gasteiger partial charge in [0.05, 0.1) is 6.54 Å². The second kappa shape index (κ2) is 10.2. The predicted molar refractivity (Wildman–Crippen MR) is 122 cm³/mol. The molecule has 2 atom stereocenters. The Morgan fingerprint density at radius 2 is 2.07 bits per heavy atom. The molecule has 4 rings (SSSR count). The number of nitrogens with zero attached hydrogens (tertiary/aromatic N) is 4. The normalized spacial score (nSPS) is 23.0. The van der Waals surface area contributed by atoms with E-state index < -0.39 is 0 Å². The lowest BCUT2D eigenvalue weighted by Gasteiger charge is -2.48. The maximum Gasteiger partial charge on any atom is 0.193 e. The van der Waals surface area contributed by atoms with E-state index in [2.05, 4.69) is 55.6 Å². The summed E-state index contributed by atoms with van der Waals surface area (Å²) in [5.41, 5.74) is 2.32. The van der Waals surface area contributed by atoms with E-state index in [0.717, 1.165) is 31.3 Å². The molecule has 3 heterocycles. The predicted octanol–water partition coefficient (Wildman–Crippen LogP) is 3.35. The van der Waals surface area contributed by atoms with Gasteiger partial charge in [-0.15, -0.1) is 24.0 Å². The molecule has 0 spiro atoms. The fourth-order valence-corrected chi connectivity index (χ4v) is 4.54. The van der Waals surface area contributed by atoms with Crippen LogP contribution in [-0.2, 0) is 13.1 Å². The molecule has 2 fully saturated rings. The van der Waals surface area contributed by atoms with Crippen LogP contribution in [0.25, 0.3) is 0 Å². The first-order valence-corrected chi connectivity index (χ1v) is 9.96. The minimum absolute atomic E-state index is 0. The molecule has 0 bridgehead atoms. The molecule has 2 aliphatic rings. The molecule has 28 heavy (non-hydrogen) atoms. The second-order valence-corrected chi connectivity index (χ2v) is 7.55. The zero-order valence-electron chi connectivity index (χ0n) is 16.5. The maximum atomic E-state index is 4.91. The van der Waals surface area contributed by atoms with Crippen LogP contribution in [0.4, 0.5) is 0 Å². The fourth-order valence-electron chi connectivity index (χ4n) is 4.54. The molecule has 6 nitrogen and oxygen atoms in total. The van der Waals surface area contributed by atoms with Crippen molar-refractivity contribution in [1.29, 1.82) is 0 Å². The van der Waals surface area contributed by atoms with Gasteiger partial charge in [-0.25, -0.2) is 0 Å². The fraction of sp³-hybridized carbons (Fsp3) is 0.524. The first-order valence-electron chi connectivity index (χ1n) is 9.96. The molecule has 0 radical (unpaired) electrons. The Morgan fingerprint density at radius 1 is 1.21 bits per heavy atom. The number of benzene rings is 1. The lowest BCUT2D eigenvalue weighted by molar-refractivity contribution is 0.0372. The van der Waals surface area contributed by atoms with Gasteiger partial charge in [0.1, 0.15) is 12.0 Å². The van der Waals surface area contributed by atoms with Gasteiger partial charge >= 0.3 is 0 Å². The molecule has 1 aromatic carbocycles. The minimum atomic E-state index is 0. The number of rotatable bonds is 4. The zero-order chi connectivity index (χ0) is 18.5. The highest BCUT2D eigenvalue weighted by Gasteiger charge is 2.36. The van der Waals surface area contributed by atoms with E-state index in [1.807, 2.05) is 13.1 Å². The van der Waals surface area contributed by atoms with Crippen LogP contribution in [0.1, 0.15) is 30.5 Å². The van der Waals surface area contributed by atoms with E-state index in [-0.39, 0.29) is 24.0 Å². The average molecular weight is 495 g/mol. The number of aliphatic imine (C=N–C) groups is 1. The lowest BCUT2D eigenvalue weighted by Crippen LogP contribution is -2.56. The molecule has 1 aromatic heterocycles. The van der Waals surface area contributed by atoms with Crippen LogP contribution in [0, 0.1) is 5.92 Å². The maximum absolute atomic E-state index is 4.91. The molecular formula is C21H30IN5O. The molecule has 0 aliphatic carbocycles. The van der Waals surface area contributed by atoms with Crippen molar-refractivity contribution in [3.63, 3.8) is 0 Å². The van der Waals surface area contributed by atoms with Gasteiger partial charge in [-0.3, -0.25) is 9.89 Å². The van der Waals surface area contributed by atoms with Gasteiger partial charge in [0, 0.05) is 38.8 Å². The Kier molecular flexibility index (Phi) is 7.73. The van der Waals surface area contributed by atoms with Crippen molar-refractivity contribution in [3.8, 4) is 0 Å². The number of aromatic nitrogens is 1. The number of likely N-dealkylation sites (tertiary alicyclic amines) is 2. The highest BCUT2D eigenvalue weighted by molar-refractivity contribution is 14.0. The van der Waals surface area contributed by atoms with Crippen LogP contribution in [0.15, 0.2) is 52.2 Å². The van der Waals surface area contributed by atoms with Crippen molar-refractivity contribution in [2.75, 3.05) is 26.7 Å². The van der Waals surface area contributed by atoms with Crippen LogP contribution < -0.4 is 5.32 Å². The Hall–Kier alpha value is -1.61. The van der Waals surface area contributed by atoms with E-state index >= 15 is 0 Å². The Bertz CT molecular complexity index is 737. The summed E-state index contributed by atoms with van der Waals surface area (Å²) in [6.45, 7) is 5.06. The third-order valence-electron chi connectivity index (χ3n) is 5.84. The standard InChI is InChI=1S/C21H29N5O.HI/c1-22-21(23-14-19-10-13-27-24-19)26-12-9-20-18(16-26)8-5-11-25(20)15-17-6-3-2-4-7-17;/h2-4,6-7,10,13,18,20H,5,8-9,11-12,14-16H2,1H3,(H,22,23);1H. The van der Waals surface area contributed by atoms with Gasteiger partial charge in [0.25, 0.3) is 0 Å². The number of fused-ring (bicyclic) bond motifs is 1. The van der Waals surface area contributed by atoms with Crippen LogP contribution in [0.2, 0.25) is 0 Å². The van der Waals surface area contributed by atoms with Gasteiger partial charge < -0.3 is 14.7 Å². The molecule has 2 unspecified atom stereocenters. The monoisotopic (exact) mass is 495 g/mol. The van der Waals surface area contributed by atoms with Crippen molar-refractivity contribution >= 4 is 29.9 Å². The van der Waals surface area contributed by atoms with Gasteiger partial charge in [-0.05, 0) is 37.3 Å². The molecule has 0 amide bonds. The molecule has 1 N–H and O–H groups in total. The Labute approximate surface area is 184 Å². The first-order chi connectivity index (χ1) is 13.3. The van der Waals surface area contributed by atoms with E-state index in [9.17, 15) is 0 Å². The van der Waals surface area contributed by atoms with Crippen molar-refractivity contribution < 1.29 is 4.52 Å². The summed E-state index contributed by atoms with van der Waals surface area (Å²) in [5, 5.41) is 7.39. The summed E-state index contributed by atoms with van der Waals surface area (Å²) >= 11 is 0. The quantitative estimate of drug-likeness (QED) is 0.401. The summed E-state index contributed by atoms with van der Waals surface area (Å²) in [6, 6.07) is 13.4. The van der Waals surface area contributed by atoms with Crippen molar-refractivity contribution in [3.05, 3.63) is 53.9 Å². The molecule has 2 aromatic rings. The summed E-state index contributed by atoms with van der Waals surface area (Å²) in [5.74, 6) is 1.68. The number of hydrogen-bond acceptors (Lipinski definition) is 4. The van der Waals surface area contributed by atoms with Crippen LogP contribution in [0.5, 0.6) is 0 Å². The van der Waals surface area contributed by atoms with Crippen LogP contribution in [-0.4, -0.2) is 53.6 Å². The van der Waals surface area contributed by atoms with E-state index in [1.54, 1.807) is 6.26 Å². The van der Waals surface area contributed by atoms with E-state index in [4.69, 9.17) is 4.52 Å². The van der Waals surface area contributed by atoms with Crippen molar-refractivity contribution in [1.82, 2.24) is 20.3 Å². The average Bonchev–Trinajstić information content (AvgIpc) is 3.23. The Balaban J connectivity index is 0.00000225. The number of nitrogens with one attached hydrogen (secondary N) is 1. The van der Waals surface area contributed by atoms with Crippen molar-refractivity contribution in [2.24, 2.45) is 10.9 Å². The van der Waals surface area contributed by atoms with E-state index in [0.29, 0.717) is 18.5 Å². The molecule has 2 saturated heterocycles. The summed E-state index contributed by atoms with van der Waals surface area (Å²) in [6.07, 6.45) is 5.40. The highest BCUT2D eigenvalue weighted by atomic mass is 127. The topological polar surface area (TPSA) is 56.9 Å². The minimum Gasteiger partial charge on any atom is -0.364 e. The van der Waals surface area contributed by atoms with Gasteiger partial charge in [0.15, 0.2) is 5.96 Å². The first kappa shape index (κ1) is 21.1. The van der Waals surface area contributed by atoms with Gasteiger partial charge in [-0.2, -0.15) is 0 Å². The number of piperidine rings is 2. The molecule has 152 valence electrons. The number of hydrogen-bond donors (Lipinski definition) is 1. The molecule has 7 heteroatoms. The zero-order valence-corrected chi connectivity index (χ0v) is 18.8. The number of guanidine groups is 1. The third-order valence-corrected chi connectivity index (χ3v) is 5.84. The summed E-state index contributed by atoms with van der Waals surface area (Å²) in [4.78, 5) is 9.61. The molecule has 0 saturated carbocycles. The third kappa shape index (κ3) is 5.05. The van der Waals surface area contributed by atoms with E-state index in [1.165, 1.54) is 31.4 Å². The van der Waals surface area contributed by atoms with Crippen molar-refractivity contribution in [2.45, 2.75) is 38.4 Å². The number of halogens is 1. The second-order valence-electron chi connectivity index (χ2n) is 7.55. The summed E-state index contributed by atoms with van der Waals surface area (Å²) in [7, 11) is 1.86. The van der Waals surface area contributed by atoms with Crippen LogP contribution >= 0.6 is 24.0 Å². The highest BCUT2D eigenvalue weighted by Crippen LogP contribution is 2.31. The summed E-state index contributed by atoms with van der Waals surface area (Å²) < 4.78 is 4.91. The van der Waals surface area contributed by atoms with Crippen LogP contribution in [0.3, 0.4) is 0 Å². The van der Waals surface area contributed by atoms with Gasteiger partial charge in [0.2, 0.25) is 0 Å². The SMILES string of the molecule is CN=C(NCc1ccon1)N1CCC2C(CCCN2Cc2ccccc2)C1.I. The Morgan fingerprint density at radius 3 is 2.82 bits per heavy atom. The van der Waals surface area contributed by atoms with Gasteiger partial charge in [-0.1, -0.05) is 35.5 Å². The molecule has 2 aliphatic heterocycles. The molecular weight excluding hydrogens is 465 g/mol.